The molecule has 1 aliphatic carbocycles. The van der Waals surface area contributed by atoms with Gasteiger partial charge in [0.1, 0.15) is 5.75 Å². The van der Waals surface area contributed by atoms with Crippen LogP contribution in [0.15, 0.2) is 48.8 Å². The number of pyridine rings is 1. The predicted octanol–water partition coefficient (Wildman–Crippen LogP) is 3.60. The first-order valence-corrected chi connectivity index (χ1v) is 10.8. The Kier molecular flexibility index (Phi) is 5.26. The highest BCUT2D eigenvalue weighted by molar-refractivity contribution is 7.71. The van der Waals surface area contributed by atoms with Gasteiger partial charge in [-0.05, 0) is 61.5 Å². The van der Waals surface area contributed by atoms with Crippen molar-refractivity contribution < 1.29 is 4.74 Å². The number of anilines is 1. The van der Waals surface area contributed by atoms with E-state index in [2.05, 4.69) is 37.5 Å². The zero-order chi connectivity index (χ0) is 20.5. The molecule has 156 valence electrons. The van der Waals surface area contributed by atoms with Crippen molar-refractivity contribution in [3.05, 3.63) is 53.6 Å². The van der Waals surface area contributed by atoms with E-state index in [0.29, 0.717) is 6.04 Å². The molecule has 0 N–H and O–H groups in total. The Bertz CT molecular complexity index is 1050. The summed E-state index contributed by atoms with van der Waals surface area (Å²) in [7, 11) is 1.70. The molecule has 2 aromatic heterocycles. The summed E-state index contributed by atoms with van der Waals surface area (Å²) < 4.78 is 10.3. The molecule has 0 amide bonds. The molecule has 5 rings (SSSR count). The molecule has 3 heterocycles. The lowest BCUT2D eigenvalue weighted by Gasteiger charge is -2.35. The second kappa shape index (κ2) is 8.20. The molecule has 0 atom stereocenters. The highest BCUT2D eigenvalue weighted by atomic mass is 32.1. The molecule has 0 unspecified atom stereocenters. The largest absolute Gasteiger partial charge is 0.497 e. The fraction of sp³-hybridized carbons (Fsp3) is 0.409. The normalized spacial score (nSPS) is 17.3. The summed E-state index contributed by atoms with van der Waals surface area (Å²) in [6, 6.07) is 12.8. The molecular formula is C22H26N6OS. The van der Waals surface area contributed by atoms with Crippen LogP contribution in [-0.4, -0.2) is 57.5 Å². The second-order valence-corrected chi connectivity index (χ2v) is 8.26. The highest BCUT2D eigenvalue weighted by Gasteiger charge is 2.29. The van der Waals surface area contributed by atoms with Crippen LogP contribution in [0.4, 0.5) is 5.69 Å². The Morgan fingerprint density at radius 2 is 1.83 bits per heavy atom. The number of benzene rings is 1. The number of methoxy groups -OCH3 is 1. The fourth-order valence-electron chi connectivity index (χ4n) is 4.00. The number of hydrogen-bond acceptors (Lipinski definition) is 6. The molecule has 1 saturated carbocycles. The summed E-state index contributed by atoms with van der Waals surface area (Å²) in [5, 5.41) is 4.90. The SMILES string of the molecule is COc1ccc(N2CCN(Cn3nc(-c4cccnc4)n(C4CC4)c3=S)CC2)cc1. The van der Waals surface area contributed by atoms with Gasteiger partial charge in [-0.1, -0.05) is 0 Å². The van der Waals surface area contributed by atoms with Gasteiger partial charge in [0.15, 0.2) is 10.6 Å². The van der Waals surface area contributed by atoms with Gasteiger partial charge in [-0.2, -0.15) is 5.10 Å². The maximum absolute atomic E-state index is 5.82. The summed E-state index contributed by atoms with van der Waals surface area (Å²) >= 11 is 5.82. The molecule has 1 aromatic carbocycles. The Hall–Kier alpha value is -2.71. The van der Waals surface area contributed by atoms with Gasteiger partial charge < -0.3 is 9.64 Å². The summed E-state index contributed by atoms with van der Waals surface area (Å²) in [6.07, 6.45) is 6.01. The molecule has 1 aliphatic heterocycles. The van der Waals surface area contributed by atoms with Crippen LogP contribution >= 0.6 is 12.2 Å². The monoisotopic (exact) mass is 422 g/mol. The summed E-state index contributed by atoms with van der Waals surface area (Å²) in [5.74, 6) is 1.83. The minimum Gasteiger partial charge on any atom is -0.497 e. The average molecular weight is 423 g/mol. The third-order valence-corrected chi connectivity index (χ3v) is 6.25. The molecule has 2 fully saturated rings. The first kappa shape index (κ1) is 19.3. The number of nitrogens with zero attached hydrogens (tertiary/aromatic N) is 6. The molecule has 0 radical (unpaired) electrons. The van der Waals surface area contributed by atoms with Gasteiger partial charge in [-0.3, -0.25) is 14.5 Å². The molecule has 0 bridgehead atoms. The smallest absolute Gasteiger partial charge is 0.199 e. The van der Waals surface area contributed by atoms with Crippen LogP contribution in [0.25, 0.3) is 11.4 Å². The van der Waals surface area contributed by atoms with Crippen LogP contribution in [-0.2, 0) is 6.67 Å². The van der Waals surface area contributed by atoms with Crippen LogP contribution in [0.2, 0.25) is 0 Å². The maximum Gasteiger partial charge on any atom is 0.199 e. The van der Waals surface area contributed by atoms with Crippen molar-refractivity contribution >= 4 is 17.9 Å². The van der Waals surface area contributed by atoms with Crippen molar-refractivity contribution in [2.45, 2.75) is 25.6 Å². The maximum atomic E-state index is 5.82. The molecule has 0 spiro atoms. The Labute approximate surface area is 181 Å². The molecule has 1 saturated heterocycles. The van der Waals surface area contributed by atoms with E-state index in [1.54, 1.807) is 13.3 Å². The van der Waals surface area contributed by atoms with Crippen molar-refractivity contribution in [2.24, 2.45) is 0 Å². The minimum atomic E-state index is 0.480. The van der Waals surface area contributed by atoms with Gasteiger partial charge in [-0.15, -0.1) is 0 Å². The van der Waals surface area contributed by atoms with E-state index in [4.69, 9.17) is 22.1 Å². The Morgan fingerprint density at radius 3 is 2.47 bits per heavy atom. The summed E-state index contributed by atoms with van der Waals surface area (Å²) in [6.45, 7) is 4.65. The van der Waals surface area contributed by atoms with Gasteiger partial charge in [0, 0.05) is 55.9 Å². The van der Waals surface area contributed by atoms with E-state index in [-0.39, 0.29) is 0 Å². The van der Waals surface area contributed by atoms with Gasteiger partial charge in [-0.25, -0.2) is 4.68 Å². The summed E-state index contributed by atoms with van der Waals surface area (Å²) in [4.78, 5) is 9.10. The Balaban J connectivity index is 1.29. The van der Waals surface area contributed by atoms with Crippen LogP contribution in [0.5, 0.6) is 5.75 Å². The van der Waals surface area contributed by atoms with Crippen molar-refractivity contribution in [2.75, 3.05) is 38.2 Å². The third kappa shape index (κ3) is 3.85. The Morgan fingerprint density at radius 1 is 1.07 bits per heavy atom. The number of rotatable bonds is 6. The average Bonchev–Trinajstić information content (AvgIpc) is 3.59. The lowest BCUT2D eigenvalue weighted by molar-refractivity contribution is 0.194. The number of piperazine rings is 1. The molecule has 7 nitrogen and oxygen atoms in total. The molecule has 3 aromatic rings. The van der Waals surface area contributed by atoms with Gasteiger partial charge in [0.2, 0.25) is 0 Å². The number of aromatic nitrogens is 4. The second-order valence-electron chi connectivity index (χ2n) is 7.89. The van der Waals surface area contributed by atoms with Crippen LogP contribution in [0, 0.1) is 4.77 Å². The van der Waals surface area contributed by atoms with Crippen LogP contribution in [0.3, 0.4) is 0 Å². The van der Waals surface area contributed by atoms with Crippen LogP contribution < -0.4 is 9.64 Å². The lowest BCUT2D eigenvalue weighted by Crippen LogP contribution is -2.47. The van der Waals surface area contributed by atoms with Gasteiger partial charge in [0.05, 0.1) is 13.8 Å². The number of ether oxygens (including phenoxy) is 1. The molecule has 30 heavy (non-hydrogen) atoms. The first-order valence-electron chi connectivity index (χ1n) is 10.4. The van der Waals surface area contributed by atoms with Crippen LogP contribution in [0.1, 0.15) is 18.9 Å². The van der Waals surface area contributed by atoms with E-state index in [0.717, 1.165) is 54.8 Å². The summed E-state index contributed by atoms with van der Waals surface area (Å²) in [5.41, 5.74) is 2.27. The topological polar surface area (TPSA) is 51.4 Å². The first-order chi connectivity index (χ1) is 14.7. The van der Waals surface area contributed by atoms with E-state index >= 15 is 0 Å². The zero-order valence-corrected chi connectivity index (χ0v) is 18.0. The van der Waals surface area contributed by atoms with Crippen molar-refractivity contribution in [3.8, 4) is 17.1 Å². The molecule has 2 aliphatic rings. The van der Waals surface area contributed by atoms with E-state index in [9.17, 15) is 0 Å². The van der Waals surface area contributed by atoms with Crippen molar-refractivity contribution in [1.82, 2.24) is 24.2 Å². The fourth-order valence-corrected chi connectivity index (χ4v) is 4.33. The van der Waals surface area contributed by atoms with E-state index < -0.39 is 0 Å². The van der Waals surface area contributed by atoms with E-state index in [1.807, 2.05) is 29.1 Å². The predicted molar refractivity (Wildman–Crippen MR) is 119 cm³/mol. The number of hydrogen-bond donors (Lipinski definition) is 0. The zero-order valence-electron chi connectivity index (χ0n) is 17.1. The standard InChI is InChI=1S/C22H26N6OS/c1-29-20-8-6-18(7-9-20)26-13-11-25(12-14-26)16-27-22(30)28(19-4-5-19)21(24-27)17-3-2-10-23-15-17/h2-3,6-10,15,19H,4-5,11-14,16H2,1H3. The highest BCUT2D eigenvalue weighted by Crippen LogP contribution is 2.38. The van der Waals surface area contributed by atoms with Crippen molar-refractivity contribution in [3.63, 3.8) is 0 Å². The lowest BCUT2D eigenvalue weighted by atomic mass is 10.2. The van der Waals surface area contributed by atoms with Crippen molar-refractivity contribution in [1.29, 1.82) is 0 Å². The molecule has 8 heteroatoms. The van der Waals surface area contributed by atoms with Gasteiger partial charge >= 0.3 is 0 Å². The minimum absolute atomic E-state index is 0.480. The molecular weight excluding hydrogens is 396 g/mol. The van der Waals surface area contributed by atoms with Gasteiger partial charge in [0.25, 0.3) is 0 Å². The third-order valence-electron chi connectivity index (χ3n) is 5.85. The van der Waals surface area contributed by atoms with E-state index in [1.165, 1.54) is 18.5 Å². The quantitative estimate of drug-likeness (QED) is 0.566.